The van der Waals surface area contributed by atoms with E-state index in [2.05, 4.69) is 72.8 Å². The van der Waals surface area contributed by atoms with Gasteiger partial charge in [0.05, 0.1) is 0 Å². The van der Waals surface area contributed by atoms with Crippen LogP contribution in [0.1, 0.15) is 38.2 Å². The Balaban J connectivity index is 1.69. The fourth-order valence-electron chi connectivity index (χ4n) is 5.38. The average Bonchev–Trinajstić information content (AvgIpc) is 3.16. The van der Waals surface area contributed by atoms with Crippen molar-refractivity contribution >= 4 is 27.7 Å². The van der Waals surface area contributed by atoms with Gasteiger partial charge >= 0.3 is 0 Å². The number of rotatable bonds is 0. The van der Waals surface area contributed by atoms with E-state index in [-0.39, 0.29) is 5.78 Å². The van der Waals surface area contributed by atoms with Gasteiger partial charge in [0.2, 0.25) is 0 Å². The van der Waals surface area contributed by atoms with Crippen LogP contribution >= 0.6 is 0 Å². The van der Waals surface area contributed by atoms with E-state index in [1.165, 1.54) is 38.6 Å². The lowest BCUT2D eigenvalue weighted by Crippen LogP contribution is -2.15. The van der Waals surface area contributed by atoms with Gasteiger partial charge in [-0.05, 0) is 67.4 Å². The number of benzene rings is 5. The molecular formula is C31H18O. The highest BCUT2D eigenvalue weighted by molar-refractivity contribution is 6.25. The Morgan fingerprint density at radius 1 is 0.344 bits per heavy atom. The van der Waals surface area contributed by atoms with Crippen molar-refractivity contribution in [2.45, 2.75) is 0 Å². The molecule has 0 aliphatic heterocycles. The van der Waals surface area contributed by atoms with Crippen LogP contribution in [0.25, 0.3) is 33.0 Å². The van der Waals surface area contributed by atoms with E-state index in [1.54, 1.807) is 0 Å². The highest BCUT2D eigenvalue weighted by Gasteiger charge is 2.33. The van der Waals surface area contributed by atoms with Crippen LogP contribution in [-0.4, -0.2) is 5.78 Å². The molecule has 2 aliphatic carbocycles. The third-order valence-electron chi connectivity index (χ3n) is 6.77. The monoisotopic (exact) mass is 406 g/mol. The summed E-state index contributed by atoms with van der Waals surface area (Å²) in [5.74, 6) is 0.102. The summed E-state index contributed by atoms with van der Waals surface area (Å²) in [4.78, 5) is 13.3. The summed E-state index contributed by atoms with van der Waals surface area (Å²) < 4.78 is 0. The predicted octanol–water partition coefficient (Wildman–Crippen LogP) is 7.37. The largest absolute Gasteiger partial charge is 0.289 e. The van der Waals surface area contributed by atoms with E-state index in [0.717, 1.165) is 27.8 Å². The molecule has 0 unspecified atom stereocenters. The van der Waals surface area contributed by atoms with Crippen LogP contribution in [0.15, 0.2) is 109 Å². The molecule has 1 nitrogen and oxygen atoms in total. The van der Waals surface area contributed by atoms with Gasteiger partial charge in [-0.15, -0.1) is 0 Å². The summed E-state index contributed by atoms with van der Waals surface area (Å²) in [7, 11) is 0. The second kappa shape index (κ2) is 6.38. The average molecular weight is 406 g/mol. The summed E-state index contributed by atoms with van der Waals surface area (Å²) in [6, 6.07) is 37.9. The number of hydrogen-bond acceptors (Lipinski definition) is 1. The van der Waals surface area contributed by atoms with Crippen LogP contribution in [0.5, 0.6) is 0 Å². The molecule has 0 atom stereocenters. The maximum absolute atomic E-state index is 13.3. The predicted molar refractivity (Wildman–Crippen MR) is 131 cm³/mol. The molecule has 7 rings (SSSR count). The maximum atomic E-state index is 13.3. The molecule has 0 heterocycles. The van der Waals surface area contributed by atoms with Gasteiger partial charge in [0, 0.05) is 11.1 Å². The summed E-state index contributed by atoms with van der Waals surface area (Å²) in [5, 5.41) is 2.47. The zero-order chi connectivity index (χ0) is 21.2. The zero-order valence-corrected chi connectivity index (χ0v) is 17.3. The molecule has 0 amide bonds. The molecule has 0 spiro atoms. The minimum atomic E-state index is 0.102. The minimum Gasteiger partial charge on any atom is -0.289 e. The van der Waals surface area contributed by atoms with Crippen LogP contribution in [0.4, 0.5) is 0 Å². The summed E-state index contributed by atoms with van der Waals surface area (Å²) in [5.41, 5.74) is 10.9. The lowest BCUT2D eigenvalue weighted by atomic mass is 9.77. The standard InChI is InChI=1S/C31H18O/c32-31-25-15-7-5-13-23(25)29(24-14-6-8-16-26(24)31)30-22-12-4-3-11-21(22)27-17-19-9-1-2-10-20(19)18-28(27)30/h1-18H. The first-order valence-corrected chi connectivity index (χ1v) is 10.9. The van der Waals surface area contributed by atoms with Crippen molar-refractivity contribution in [2.24, 2.45) is 0 Å². The molecule has 0 saturated heterocycles. The van der Waals surface area contributed by atoms with Gasteiger partial charge in [0.15, 0.2) is 5.78 Å². The van der Waals surface area contributed by atoms with Gasteiger partial charge in [0.1, 0.15) is 0 Å². The van der Waals surface area contributed by atoms with Crippen LogP contribution in [0.3, 0.4) is 0 Å². The molecule has 0 saturated carbocycles. The van der Waals surface area contributed by atoms with Crippen molar-refractivity contribution in [1.82, 2.24) is 0 Å². The molecule has 2 aliphatic rings. The van der Waals surface area contributed by atoms with Crippen LogP contribution in [0, 0.1) is 0 Å². The minimum absolute atomic E-state index is 0.102. The van der Waals surface area contributed by atoms with Gasteiger partial charge in [-0.1, -0.05) is 97.1 Å². The van der Waals surface area contributed by atoms with E-state index >= 15 is 0 Å². The number of hydrogen-bond donors (Lipinski definition) is 0. The first kappa shape index (κ1) is 17.5. The first-order valence-electron chi connectivity index (χ1n) is 10.9. The van der Waals surface area contributed by atoms with Gasteiger partial charge in [-0.2, -0.15) is 0 Å². The van der Waals surface area contributed by atoms with Crippen molar-refractivity contribution in [2.75, 3.05) is 0 Å². The molecule has 148 valence electrons. The quantitative estimate of drug-likeness (QED) is 0.257. The van der Waals surface area contributed by atoms with Crippen LogP contribution in [-0.2, 0) is 0 Å². The Morgan fingerprint density at radius 2 is 0.719 bits per heavy atom. The Labute approximate surface area is 186 Å². The first-order chi connectivity index (χ1) is 15.8. The van der Waals surface area contributed by atoms with E-state index in [4.69, 9.17) is 0 Å². The molecule has 0 radical (unpaired) electrons. The lowest BCUT2D eigenvalue weighted by molar-refractivity contribution is 0.103. The second-order valence-corrected chi connectivity index (χ2v) is 8.46. The highest BCUT2D eigenvalue weighted by atomic mass is 16.1. The normalized spacial score (nSPS) is 13.6. The van der Waals surface area contributed by atoms with Crippen molar-refractivity contribution in [1.29, 1.82) is 0 Å². The summed E-state index contributed by atoms with van der Waals surface area (Å²) in [6.07, 6.45) is 0. The van der Waals surface area contributed by atoms with Crippen LogP contribution in [0.2, 0.25) is 0 Å². The van der Waals surface area contributed by atoms with Crippen molar-refractivity contribution in [3.05, 3.63) is 143 Å². The third-order valence-corrected chi connectivity index (χ3v) is 6.77. The molecule has 0 bridgehead atoms. The van der Waals surface area contributed by atoms with Crippen molar-refractivity contribution in [3.8, 4) is 11.1 Å². The van der Waals surface area contributed by atoms with Gasteiger partial charge in [0.25, 0.3) is 0 Å². The molecular weight excluding hydrogens is 388 g/mol. The molecule has 0 aromatic heterocycles. The molecule has 1 heteroatoms. The Hall–Kier alpha value is -4.23. The highest BCUT2D eigenvalue weighted by Crippen LogP contribution is 2.51. The number of carbonyl (C=O) groups is 1. The SMILES string of the molecule is O=C1c2ccccc2C(=C2c3ccccc3-c3cc4ccccc4cc32)c2ccccc21. The van der Waals surface area contributed by atoms with Gasteiger partial charge < -0.3 is 0 Å². The van der Waals surface area contributed by atoms with Gasteiger partial charge in [-0.3, -0.25) is 4.79 Å². The van der Waals surface area contributed by atoms with E-state index < -0.39 is 0 Å². The summed E-state index contributed by atoms with van der Waals surface area (Å²) in [6.45, 7) is 0. The zero-order valence-electron chi connectivity index (χ0n) is 17.3. The number of ketones is 1. The fraction of sp³-hybridized carbons (Fsp3) is 0. The Bertz CT molecular complexity index is 1580. The van der Waals surface area contributed by atoms with Crippen LogP contribution < -0.4 is 0 Å². The second-order valence-electron chi connectivity index (χ2n) is 8.46. The van der Waals surface area contributed by atoms with Crippen molar-refractivity contribution in [3.63, 3.8) is 0 Å². The Kier molecular flexibility index (Phi) is 3.48. The van der Waals surface area contributed by atoms with E-state index in [9.17, 15) is 4.79 Å². The third kappa shape index (κ3) is 2.25. The topological polar surface area (TPSA) is 17.1 Å². The molecule has 5 aromatic carbocycles. The smallest absolute Gasteiger partial charge is 0.194 e. The van der Waals surface area contributed by atoms with Crippen molar-refractivity contribution < 1.29 is 4.79 Å². The Morgan fingerprint density at radius 3 is 1.28 bits per heavy atom. The lowest BCUT2D eigenvalue weighted by Gasteiger charge is -2.24. The number of fused-ring (bicyclic) bond motifs is 6. The van der Waals surface area contributed by atoms with E-state index in [1.807, 2.05) is 36.4 Å². The molecule has 0 N–H and O–H groups in total. The summed E-state index contributed by atoms with van der Waals surface area (Å²) >= 11 is 0. The van der Waals surface area contributed by atoms with E-state index in [0.29, 0.717) is 0 Å². The molecule has 32 heavy (non-hydrogen) atoms. The number of carbonyl (C=O) groups excluding carboxylic acids is 1. The molecule has 0 fully saturated rings. The van der Waals surface area contributed by atoms with Gasteiger partial charge in [-0.25, -0.2) is 0 Å². The fourth-order valence-corrected chi connectivity index (χ4v) is 5.38. The molecule has 5 aromatic rings. The maximum Gasteiger partial charge on any atom is 0.194 e.